The molecule has 2 aromatic carbocycles. The Balaban J connectivity index is 1.98. The van der Waals surface area contributed by atoms with Crippen LogP contribution < -0.4 is 4.74 Å². The van der Waals surface area contributed by atoms with E-state index in [-0.39, 0.29) is 11.6 Å². The molecule has 0 spiro atoms. The molecular formula is C22H22O3. The fraction of sp³-hybridized carbons (Fsp3) is 0.273. The van der Waals surface area contributed by atoms with Gasteiger partial charge < -0.3 is 4.74 Å². The normalized spacial score (nSPS) is 19.8. The number of benzene rings is 2. The molecule has 1 aliphatic rings. The van der Waals surface area contributed by atoms with Crippen LogP contribution in [-0.2, 0) is 0 Å². The first kappa shape index (κ1) is 17.2. The zero-order chi connectivity index (χ0) is 18.0. The summed E-state index contributed by atoms with van der Waals surface area (Å²) in [6.45, 7) is 3.86. The van der Waals surface area contributed by atoms with Gasteiger partial charge >= 0.3 is 0 Å². The Morgan fingerprint density at radius 3 is 2.20 bits per heavy atom. The van der Waals surface area contributed by atoms with Gasteiger partial charge in [-0.1, -0.05) is 35.9 Å². The first-order chi connectivity index (χ1) is 12.0. The molecule has 0 fully saturated rings. The fourth-order valence-corrected chi connectivity index (χ4v) is 3.62. The van der Waals surface area contributed by atoms with Crippen LogP contribution in [0.1, 0.15) is 47.4 Å². The van der Waals surface area contributed by atoms with Gasteiger partial charge in [0.1, 0.15) is 5.75 Å². The highest BCUT2D eigenvalue weighted by molar-refractivity contribution is 6.16. The molecule has 2 aromatic rings. The molecular weight excluding hydrogens is 312 g/mol. The van der Waals surface area contributed by atoms with Crippen LogP contribution in [0.3, 0.4) is 0 Å². The first-order valence-corrected chi connectivity index (χ1v) is 8.46. The lowest BCUT2D eigenvalue weighted by Crippen LogP contribution is -2.31. The van der Waals surface area contributed by atoms with Crippen molar-refractivity contribution >= 4 is 11.6 Å². The van der Waals surface area contributed by atoms with E-state index in [0.29, 0.717) is 28.9 Å². The number of Topliss-reactive ketones (excluding diaryl/α,β-unsaturated/α-hetero) is 2. The molecule has 0 aliphatic heterocycles. The average molecular weight is 334 g/mol. The van der Waals surface area contributed by atoms with Crippen molar-refractivity contribution in [2.24, 2.45) is 5.41 Å². The number of ether oxygens (including phenoxy) is 1. The Kier molecular flexibility index (Phi) is 4.58. The standard InChI is InChI=1S/C22H22O3/c1-15-13-14-22(2,21(24)17-7-5-4-6-8-17)19(15)20(23)16-9-11-18(25-3)12-10-16/h4-12H,13-14H2,1-3H3. The Morgan fingerprint density at radius 1 is 0.960 bits per heavy atom. The van der Waals surface area contributed by atoms with E-state index in [9.17, 15) is 9.59 Å². The molecule has 128 valence electrons. The van der Waals surface area contributed by atoms with Gasteiger partial charge in [0, 0.05) is 16.7 Å². The minimum absolute atomic E-state index is 0.0156. The number of methoxy groups -OCH3 is 1. The molecule has 3 rings (SSSR count). The molecule has 3 nitrogen and oxygen atoms in total. The Morgan fingerprint density at radius 2 is 1.60 bits per heavy atom. The van der Waals surface area contributed by atoms with Crippen LogP contribution in [0.5, 0.6) is 5.75 Å². The van der Waals surface area contributed by atoms with Crippen LogP contribution in [0, 0.1) is 5.41 Å². The predicted molar refractivity (Wildman–Crippen MR) is 98.1 cm³/mol. The maximum Gasteiger partial charge on any atom is 0.189 e. The highest BCUT2D eigenvalue weighted by Crippen LogP contribution is 2.46. The second-order valence-corrected chi connectivity index (χ2v) is 6.74. The fourth-order valence-electron chi connectivity index (χ4n) is 3.62. The van der Waals surface area contributed by atoms with E-state index in [1.165, 1.54) is 0 Å². The summed E-state index contributed by atoms with van der Waals surface area (Å²) in [6.07, 6.45) is 1.44. The van der Waals surface area contributed by atoms with E-state index in [4.69, 9.17) is 4.74 Å². The van der Waals surface area contributed by atoms with E-state index >= 15 is 0 Å². The molecule has 25 heavy (non-hydrogen) atoms. The van der Waals surface area contributed by atoms with E-state index in [1.54, 1.807) is 31.4 Å². The number of hydrogen-bond acceptors (Lipinski definition) is 3. The third kappa shape index (κ3) is 3.02. The highest BCUT2D eigenvalue weighted by Gasteiger charge is 2.45. The largest absolute Gasteiger partial charge is 0.497 e. The van der Waals surface area contributed by atoms with Crippen LogP contribution >= 0.6 is 0 Å². The lowest BCUT2D eigenvalue weighted by Gasteiger charge is -2.26. The summed E-state index contributed by atoms with van der Waals surface area (Å²) in [5.41, 5.74) is 2.12. The zero-order valence-electron chi connectivity index (χ0n) is 14.8. The minimum atomic E-state index is -0.775. The minimum Gasteiger partial charge on any atom is -0.497 e. The van der Waals surface area contributed by atoms with E-state index in [0.717, 1.165) is 12.0 Å². The first-order valence-electron chi connectivity index (χ1n) is 8.46. The average Bonchev–Trinajstić information content (AvgIpc) is 2.97. The quantitative estimate of drug-likeness (QED) is 0.732. The van der Waals surface area contributed by atoms with Gasteiger partial charge in [-0.05, 0) is 51.0 Å². The van der Waals surface area contributed by atoms with Crippen LogP contribution in [0.25, 0.3) is 0 Å². The van der Waals surface area contributed by atoms with Crippen LogP contribution in [0.2, 0.25) is 0 Å². The number of hydrogen-bond donors (Lipinski definition) is 0. The van der Waals surface area contributed by atoms with Crippen molar-refractivity contribution in [1.82, 2.24) is 0 Å². The number of carbonyl (C=O) groups excluding carboxylic acids is 2. The third-order valence-corrected chi connectivity index (χ3v) is 5.09. The molecule has 0 aromatic heterocycles. The van der Waals surface area contributed by atoms with Gasteiger partial charge in [-0.15, -0.1) is 0 Å². The monoisotopic (exact) mass is 334 g/mol. The van der Waals surface area contributed by atoms with Gasteiger partial charge in [0.05, 0.1) is 12.5 Å². The highest BCUT2D eigenvalue weighted by atomic mass is 16.5. The maximum absolute atomic E-state index is 13.2. The van der Waals surface area contributed by atoms with Crippen molar-refractivity contribution in [2.45, 2.75) is 26.7 Å². The van der Waals surface area contributed by atoms with Crippen LogP contribution in [0.15, 0.2) is 65.7 Å². The molecule has 1 atom stereocenters. The van der Waals surface area contributed by atoms with Gasteiger partial charge in [0.15, 0.2) is 11.6 Å². The number of ketones is 2. The summed E-state index contributed by atoms with van der Waals surface area (Å²) in [5.74, 6) is 0.656. The van der Waals surface area contributed by atoms with Gasteiger partial charge in [0.25, 0.3) is 0 Å². The summed E-state index contributed by atoms with van der Waals surface area (Å²) in [4.78, 5) is 26.3. The SMILES string of the molecule is COc1ccc(C(=O)C2=C(C)CCC2(C)C(=O)c2ccccc2)cc1. The van der Waals surface area contributed by atoms with E-state index in [2.05, 4.69) is 0 Å². The summed E-state index contributed by atoms with van der Waals surface area (Å²) in [5, 5.41) is 0. The number of carbonyl (C=O) groups is 2. The molecule has 0 radical (unpaired) electrons. The third-order valence-electron chi connectivity index (χ3n) is 5.09. The van der Waals surface area contributed by atoms with E-state index in [1.807, 2.05) is 44.2 Å². The lowest BCUT2D eigenvalue weighted by atomic mass is 9.74. The van der Waals surface area contributed by atoms with Crippen molar-refractivity contribution in [3.8, 4) is 5.75 Å². The Hall–Kier alpha value is -2.68. The van der Waals surface area contributed by atoms with Crippen molar-refractivity contribution in [3.63, 3.8) is 0 Å². The molecule has 0 bridgehead atoms. The van der Waals surface area contributed by atoms with Crippen molar-refractivity contribution in [2.75, 3.05) is 7.11 Å². The molecule has 3 heteroatoms. The molecule has 1 unspecified atom stereocenters. The van der Waals surface area contributed by atoms with Gasteiger partial charge in [0.2, 0.25) is 0 Å². The molecule has 1 aliphatic carbocycles. The summed E-state index contributed by atoms with van der Waals surface area (Å²) >= 11 is 0. The maximum atomic E-state index is 13.2. The summed E-state index contributed by atoms with van der Waals surface area (Å²) < 4.78 is 5.16. The Labute approximate surface area is 148 Å². The van der Waals surface area contributed by atoms with Gasteiger partial charge in [-0.25, -0.2) is 0 Å². The summed E-state index contributed by atoms with van der Waals surface area (Å²) in [6, 6.07) is 16.3. The predicted octanol–water partition coefficient (Wildman–Crippen LogP) is 4.88. The number of rotatable bonds is 5. The molecule has 0 saturated heterocycles. The van der Waals surface area contributed by atoms with E-state index < -0.39 is 5.41 Å². The molecule has 0 saturated carbocycles. The van der Waals surface area contributed by atoms with Crippen LogP contribution in [0.4, 0.5) is 0 Å². The Bertz CT molecular complexity index is 831. The zero-order valence-corrected chi connectivity index (χ0v) is 14.8. The molecule has 0 N–H and O–H groups in total. The smallest absolute Gasteiger partial charge is 0.189 e. The number of allylic oxidation sites excluding steroid dienone is 2. The second kappa shape index (κ2) is 6.67. The van der Waals surface area contributed by atoms with Gasteiger partial charge in [-0.3, -0.25) is 9.59 Å². The van der Waals surface area contributed by atoms with Gasteiger partial charge in [-0.2, -0.15) is 0 Å². The molecule has 0 heterocycles. The topological polar surface area (TPSA) is 43.4 Å². The van der Waals surface area contributed by atoms with Crippen LogP contribution in [-0.4, -0.2) is 18.7 Å². The molecule has 0 amide bonds. The van der Waals surface area contributed by atoms with Crippen molar-refractivity contribution < 1.29 is 14.3 Å². The van der Waals surface area contributed by atoms with Crippen molar-refractivity contribution in [3.05, 3.63) is 76.9 Å². The lowest BCUT2D eigenvalue weighted by molar-refractivity contribution is 0.0826. The second-order valence-electron chi connectivity index (χ2n) is 6.74. The summed E-state index contributed by atoms with van der Waals surface area (Å²) in [7, 11) is 1.59. The van der Waals surface area contributed by atoms with Crippen molar-refractivity contribution in [1.29, 1.82) is 0 Å².